The van der Waals surface area contributed by atoms with Crippen LogP contribution in [0.5, 0.6) is 5.88 Å². The summed E-state index contributed by atoms with van der Waals surface area (Å²) in [5, 5.41) is 6.95. The Morgan fingerprint density at radius 2 is 2.56 bits per heavy atom. The highest BCUT2D eigenvalue weighted by molar-refractivity contribution is 6.31. The lowest BCUT2D eigenvalue weighted by atomic mass is 10.3. The van der Waals surface area contributed by atoms with Crippen LogP contribution in [0.2, 0.25) is 5.02 Å². The molecule has 0 radical (unpaired) electrons. The Bertz CT molecular complexity index is 355. The summed E-state index contributed by atoms with van der Waals surface area (Å²) in [6, 6.07) is 0.385. The van der Waals surface area contributed by atoms with Crippen molar-refractivity contribution in [1.29, 1.82) is 0 Å². The normalized spacial score (nSPS) is 19.8. The summed E-state index contributed by atoms with van der Waals surface area (Å²) in [5.74, 6) is 1.01. The molecule has 2 heterocycles. The maximum atomic E-state index is 5.90. The van der Waals surface area contributed by atoms with E-state index in [9.17, 15) is 0 Å². The first-order chi connectivity index (χ1) is 7.79. The number of nitrogens with zero attached hydrogens (tertiary/aromatic N) is 2. The van der Waals surface area contributed by atoms with Gasteiger partial charge >= 0.3 is 0 Å². The van der Waals surface area contributed by atoms with E-state index in [4.69, 9.17) is 16.3 Å². The van der Waals surface area contributed by atoms with Crippen LogP contribution in [0.15, 0.2) is 6.20 Å². The molecule has 1 fully saturated rings. The molecule has 88 valence electrons. The highest BCUT2D eigenvalue weighted by atomic mass is 35.5. The lowest BCUT2D eigenvalue weighted by Gasteiger charge is -2.12. The summed E-state index contributed by atoms with van der Waals surface area (Å²) in [5.41, 5.74) is 0. The molecule has 5 nitrogen and oxygen atoms in total. The van der Waals surface area contributed by atoms with Crippen LogP contribution in [0.1, 0.15) is 13.3 Å². The van der Waals surface area contributed by atoms with Gasteiger partial charge in [-0.05, 0) is 19.9 Å². The summed E-state index contributed by atoms with van der Waals surface area (Å²) in [6.07, 6.45) is 2.64. The van der Waals surface area contributed by atoms with Crippen molar-refractivity contribution in [2.45, 2.75) is 19.4 Å². The highest BCUT2D eigenvalue weighted by Gasteiger charge is 2.15. The topological polar surface area (TPSA) is 59.1 Å². The van der Waals surface area contributed by atoms with Gasteiger partial charge < -0.3 is 15.4 Å². The maximum Gasteiger partial charge on any atom is 0.237 e. The second-order valence-electron chi connectivity index (χ2n) is 3.61. The molecule has 0 bridgehead atoms. The van der Waals surface area contributed by atoms with E-state index in [1.807, 2.05) is 6.92 Å². The highest BCUT2D eigenvalue weighted by Crippen LogP contribution is 2.22. The summed E-state index contributed by atoms with van der Waals surface area (Å²) in [7, 11) is 0. The van der Waals surface area contributed by atoms with Crippen LogP contribution < -0.4 is 15.4 Å². The van der Waals surface area contributed by atoms with Gasteiger partial charge in [0, 0.05) is 12.6 Å². The van der Waals surface area contributed by atoms with Crippen molar-refractivity contribution in [1.82, 2.24) is 15.3 Å². The molecule has 2 rings (SSSR count). The first-order valence-corrected chi connectivity index (χ1v) is 5.80. The zero-order valence-corrected chi connectivity index (χ0v) is 9.92. The van der Waals surface area contributed by atoms with Gasteiger partial charge in [-0.25, -0.2) is 4.98 Å². The third kappa shape index (κ3) is 2.74. The fourth-order valence-corrected chi connectivity index (χ4v) is 1.76. The molecule has 6 heteroatoms. The Hall–Kier alpha value is -1.07. The second-order valence-corrected chi connectivity index (χ2v) is 4.02. The van der Waals surface area contributed by atoms with Crippen molar-refractivity contribution in [3.8, 4) is 5.88 Å². The summed E-state index contributed by atoms with van der Waals surface area (Å²) >= 11 is 5.90. The Morgan fingerprint density at radius 1 is 1.69 bits per heavy atom. The molecular formula is C10H15ClN4O. The molecule has 0 aromatic carbocycles. The van der Waals surface area contributed by atoms with E-state index in [1.165, 1.54) is 0 Å². The van der Waals surface area contributed by atoms with Gasteiger partial charge in [0.1, 0.15) is 5.02 Å². The van der Waals surface area contributed by atoms with E-state index in [0.717, 1.165) is 19.5 Å². The number of hydrogen-bond donors (Lipinski definition) is 2. The average molecular weight is 243 g/mol. The lowest BCUT2D eigenvalue weighted by Crippen LogP contribution is -2.23. The summed E-state index contributed by atoms with van der Waals surface area (Å²) < 4.78 is 5.30. The van der Waals surface area contributed by atoms with Gasteiger partial charge in [0.2, 0.25) is 11.8 Å². The summed E-state index contributed by atoms with van der Waals surface area (Å²) in [6.45, 7) is 4.41. The van der Waals surface area contributed by atoms with Gasteiger partial charge in [0.25, 0.3) is 0 Å². The number of hydrogen-bond acceptors (Lipinski definition) is 5. The fourth-order valence-electron chi connectivity index (χ4n) is 1.62. The Balaban J connectivity index is 2.05. The van der Waals surface area contributed by atoms with Crippen LogP contribution in [0, 0.1) is 0 Å². The third-order valence-electron chi connectivity index (χ3n) is 2.39. The molecule has 1 aromatic heterocycles. The van der Waals surface area contributed by atoms with Crippen molar-refractivity contribution in [3.05, 3.63) is 11.2 Å². The van der Waals surface area contributed by atoms with Gasteiger partial charge in [0.15, 0.2) is 0 Å². The van der Waals surface area contributed by atoms with Crippen molar-refractivity contribution < 1.29 is 4.74 Å². The number of aromatic nitrogens is 2. The monoisotopic (exact) mass is 242 g/mol. The molecule has 0 spiro atoms. The van der Waals surface area contributed by atoms with Gasteiger partial charge in [-0.1, -0.05) is 11.6 Å². The molecule has 1 aliphatic heterocycles. The maximum absolute atomic E-state index is 5.90. The lowest BCUT2D eigenvalue weighted by molar-refractivity contribution is 0.327. The quantitative estimate of drug-likeness (QED) is 0.834. The number of anilines is 1. The number of rotatable bonds is 4. The minimum absolute atomic E-state index is 0.385. The Kier molecular flexibility index (Phi) is 3.79. The van der Waals surface area contributed by atoms with Crippen LogP contribution in [-0.4, -0.2) is 35.7 Å². The van der Waals surface area contributed by atoms with E-state index >= 15 is 0 Å². The first-order valence-electron chi connectivity index (χ1n) is 5.42. The third-order valence-corrected chi connectivity index (χ3v) is 2.65. The fraction of sp³-hybridized carbons (Fsp3) is 0.600. The van der Waals surface area contributed by atoms with Gasteiger partial charge in [-0.15, -0.1) is 0 Å². The zero-order valence-electron chi connectivity index (χ0n) is 9.16. The molecule has 0 saturated carbocycles. The predicted octanol–water partition coefficient (Wildman–Crippen LogP) is 1.30. The molecule has 1 saturated heterocycles. The van der Waals surface area contributed by atoms with Crippen LogP contribution >= 0.6 is 11.6 Å². The second kappa shape index (κ2) is 5.32. The predicted molar refractivity (Wildman–Crippen MR) is 63.1 cm³/mol. The van der Waals surface area contributed by atoms with E-state index in [0.29, 0.717) is 29.5 Å². The van der Waals surface area contributed by atoms with Crippen molar-refractivity contribution in [2.24, 2.45) is 0 Å². The van der Waals surface area contributed by atoms with Crippen molar-refractivity contribution >= 4 is 17.5 Å². The molecule has 1 unspecified atom stereocenters. The number of halogens is 1. The molecular weight excluding hydrogens is 228 g/mol. The van der Waals surface area contributed by atoms with E-state index < -0.39 is 0 Å². The molecule has 2 N–H and O–H groups in total. The number of ether oxygens (including phenoxy) is 1. The van der Waals surface area contributed by atoms with Crippen molar-refractivity contribution in [2.75, 3.05) is 25.0 Å². The van der Waals surface area contributed by atoms with Gasteiger partial charge in [-0.2, -0.15) is 4.98 Å². The summed E-state index contributed by atoms with van der Waals surface area (Å²) in [4.78, 5) is 8.34. The van der Waals surface area contributed by atoms with Gasteiger partial charge in [0.05, 0.1) is 12.8 Å². The largest absolute Gasteiger partial charge is 0.477 e. The molecule has 1 aliphatic rings. The minimum atomic E-state index is 0.385. The Labute approximate surface area is 99.6 Å². The molecule has 1 aromatic rings. The van der Waals surface area contributed by atoms with E-state index in [-0.39, 0.29) is 0 Å². The first kappa shape index (κ1) is 11.4. The molecule has 1 atom stereocenters. The van der Waals surface area contributed by atoms with Crippen molar-refractivity contribution in [3.63, 3.8) is 0 Å². The standard InChI is InChI=1S/C10H15ClN4O/c1-2-16-9-8(11)6-13-10(15-9)14-7-3-4-12-5-7/h6-7,12H,2-5H2,1H3,(H,13,14,15). The van der Waals surface area contributed by atoms with Crippen LogP contribution in [0.4, 0.5) is 5.95 Å². The SMILES string of the molecule is CCOc1nc(NC2CCNC2)ncc1Cl. The van der Waals surface area contributed by atoms with E-state index in [2.05, 4.69) is 20.6 Å². The van der Waals surface area contributed by atoms with E-state index in [1.54, 1.807) is 6.20 Å². The zero-order chi connectivity index (χ0) is 11.4. The minimum Gasteiger partial charge on any atom is -0.477 e. The van der Waals surface area contributed by atoms with Crippen LogP contribution in [0.3, 0.4) is 0 Å². The van der Waals surface area contributed by atoms with Crippen LogP contribution in [0.25, 0.3) is 0 Å². The smallest absolute Gasteiger partial charge is 0.237 e. The molecule has 16 heavy (non-hydrogen) atoms. The Morgan fingerprint density at radius 3 is 3.25 bits per heavy atom. The van der Waals surface area contributed by atoms with Crippen LogP contribution in [-0.2, 0) is 0 Å². The van der Waals surface area contributed by atoms with Gasteiger partial charge in [-0.3, -0.25) is 0 Å². The molecule has 0 amide bonds. The molecule has 0 aliphatic carbocycles. The number of nitrogens with one attached hydrogen (secondary N) is 2. The average Bonchev–Trinajstić information content (AvgIpc) is 2.76.